The number of nitrogens with zero attached hydrogens (tertiary/aromatic N) is 2. The van der Waals surface area contributed by atoms with Crippen LogP contribution in [0.2, 0.25) is 0 Å². The van der Waals surface area contributed by atoms with Gasteiger partial charge < -0.3 is 10.1 Å². The van der Waals surface area contributed by atoms with Crippen molar-refractivity contribution in [3.8, 4) is 0 Å². The predicted octanol–water partition coefficient (Wildman–Crippen LogP) is 0.413. The van der Waals surface area contributed by atoms with E-state index in [2.05, 4.69) is 10.3 Å². The van der Waals surface area contributed by atoms with Crippen LogP contribution in [0.4, 0.5) is 5.82 Å². The molecule has 0 aliphatic carbocycles. The summed E-state index contributed by atoms with van der Waals surface area (Å²) in [4.78, 5) is 28.9. The van der Waals surface area contributed by atoms with E-state index >= 15 is 0 Å². The van der Waals surface area contributed by atoms with Crippen LogP contribution in [0.3, 0.4) is 0 Å². The van der Waals surface area contributed by atoms with Crippen molar-refractivity contribution < 1.29 is 34.7 Å². The van der Waals surface area contributed by atoms with E-state index < -0.39 is 56.9 Å². The van der Waals surface area contributed by atoms with Gasteiger partial charge in [0.1, 0.15) is 24.3 Å². The van der Waals surface area contributed by atoms with Gasteiger partial charge in [0, 0.05) is 23.7 Å². The number of ether oxygens (including phenoxy) is 1. The highest BCUT2D eigenvalue weighted by Gasteiger charge is 2.40. The lowest BCUT2D eigenvalue weighted by Crippen LogP contribution is -2.32. The van der Waals surface area contributed by atoms with Crippen molar-refractivity contribution in [2.75, 3.05) is 24.4 Å². The number of carbonyl (C=O) groups is 1. The number of carbonyl (C=O) groups excluding carboxylic acids is 1. The van der Waals surface area contributed by atoms with Gasteiger partial charge in [0.25, 0.3) is 26.1 Å². The summed E-state index contributed by atoms with van der Waals surface area (Å²) in [7, 11) is -7.72. The van der Waals surface area contributed by atoms with Gasteiger partial charge in [-0.25, -0.2) is 4.79 Å². The molecule has 1 fully saturated rings. The largest absolute Gasteiger partial charge is 0.351 e. The van der Waals surface area contributed by atoms with Crippen molar-refractivity contribution in [3.05, 3.63) is 58.1 Å². The SMILES string of the molecule is Cc1cn([C@@H]2C[C@@H](OS(C)(=O)=O)[C@H](COS(C)(=O)=O)O2)c(=O)nc1NC(=O)c1ccccc1. The topological polar surface area (TPSA) is 160 Å². The number of aryl methyl sites for hydroxylation is 1. The van der Waals surface area contributed by atoms with Crippen LogP contribution in [0.15, 0.2) is 41.3 Å². The molecule has 1 aliphatic rings. The highest BCUT2D eigenvalue weighted by atomic mass is 32.2. The fourth-order valence-electron chi connectivity index (χ4n) is 3.21. The summed E-state index contributed by atoms with van der Waals surface area (Å²) in [5.41, 5.74) is 0.0622. The molecule has 1 aromatic heterocycles. The summed E-state index contributed by atoms with van der Waals surface area (Å²) >= 11 is 0. The average molecular weight is 502 g/mol. The van der Waals surface area contributed by atoms with Crippen molar-refractivity contribution >= 4 is 32.0 Å². The van der Waals surface area contributed by atoms with Crippen LogP contribution >= 0.6 is 0 Å². The third-order valence-corrected chi connectivity index (χ3v) is 5.80. The zero-order valence-corrected chi connectivity index (χ0v) is 19.6. The van der Waals surface area contributed by atoms with E-state index in [1.165, 1.54) is 6.20 Å². The number of amides is 1. The molecule has 3 rings (SSSR count). The summed E-state index contributed by atoms with van der Waals surface area (Å²) in [5, 5.41) is 2.58. The van der Waals surface area contributed by atoms with Crippen LogP contribution in [0.1, 0.15) is 28.6 Å². The van der Waals surface area contributed by atoms with Gasteiger partial charge in [0.15, 0.2) is 0 Å². The lowest BCUT2D eigenvalue weighted by atomic mass is 10.2. The molecule has 1 N–H and O–H groups in total. The molecule has 2 heterocycles. The Bertz CT molecular complexity index is 1290. The minimum Gasteiger partial charge on any atom is -0.349 e. The molecule has 0 saturated carbocycles. The number of hydrogen-bond donors (Lipinski definition) is 1. The van der Waals surface area contributed by atoms with Gasteiger partial charge in [-0.3, -0.25) is 17.7 Å². The third-order valence-electron chi connectivity index (χ3n) is 4.64. The Balaban J connectivity index is 1.82. The fourth-order valence-corrected chi connectivity index (χ4v) is 4.24. The van der Waals surface area contributed by atoms with E-state index in [4.69, 9.17) is 13.1 Å². The quantitative estimate of drug-likeness (QED) is 0.502. The van der Waals surface area contributed by atoms with Gasteiger partial charge in [-0.05, 0) is 19.1 Å². The summed E-state index contributed by atoms with van der Waals surface area (Å²) in [6.45, 7) is 1.12. The molecule has 33 heavy (non-hydrogen) atoms. The van der Waals surface area contributed by atoms with Crippen molar-refractivity contribution in [1.29, 1.82) is 0 Å². The second-order valence-electron chi connectivity index (χ2n) is 7.47. The van der Waals surface area contributed by atoms with Crippen LogP contribution in [0, 0.1) is 6.92 Å². The first-order chi connectivity index (χ1) is 15.3. The van der Waals surface area contributed by atoms with Gasteiger partial charge in [0.2, 0.25) is 0 Å². The lowest BCUT2D eigenvalue weighted by molar-refractivity contribution is -0.0352. The first-order valence-corrected chi connectivity index (χ1v) is 13.3. The number of benzene rings is 1. The fraction of sp³-hybridized carbons (Fsp3) is 0.421. The van der Waals surface area contributed by atoms with Crippen molar-refractivity contribution in [1.82, 2.24) is 9.55 Å². The molecule has 0 unspecified atom stereocenters. The molecule has 1 aromatic carbocycles. The number of rotatable bonds is 8. The summed E-state index contributed by atoms with van der Waals surface area (Å²) in [6.07, 6.45) is -0.161. The minimum absolute atomic E-state index is 0.0593. The van der Waals surface area contributed by atoms with Gasteiger partial charge >= 0.3 is 5.69 Å². The Morgan fingerprint density at radius 1 is 1.18 bits per heavy atom. The Morgan fingerprint density at radius 3 is 2.45 bits per heavy atom. The van der Waals surface area contributed by atoms with Gasteiger partial charge in [-0.1, -0.05) is 18.2 Å². The van der Waals surface area contributed by atoms with Gasteiger partial charge in [-0.2, -0.15) is 21.8 Å². The molecule has 12 nitrogen and oxygen atoms in total. The molecule has 0 radical (unpaired) electrons. The molecule has 14 heteroatoms. The molecule has 0 spiro atoms. The molecule has 1 saturated heterocycles. The normalized spacial score (nSPS) is 21.1. The van der Waals surface area contributed by atoms with Crippen LogP contribution in [-0.2, 0) is 33.3 Å². The van der Waals surface area contributed by atoms with Gasteiger partial charge in [-0.15, -0.1) is 0 Å². The first kappa shape index (κ1) is 25.0. The zero-order valence-electron chi connectivity index (χ0n) is 18.0. The summed E-state index contributed by atoms with van der Waals surface area (Å²) in [6, 6.07) is 8.38. The number of nitrogens with one attached hydrogen (secondary N) is 1. The molecule has 1 amide bonds. The minimum atomic E-state index is -3.90. The maximum Gasteiger partial charge on any atom is 0.351 e. The van der Waals surface area contributed by atoms with E-state index in [0.717, 1.165) is 17.1 Å². The number of hydrogen-bond acceptors (Lipinski definition) is 10. The monoisotopic (exact) mass is 501 g/mol. The first-order valence-electron chi connectivity index (χ1n) is 9.67. The Hall–Kier alpha value is -2.65. The van der Waals surface area contributed by atoms with Crippen LogP contribution in [0.25, 0.3) is 0 Å². The average Bonchev–Trinajstić information content (AvgIpc) is 3.09. The molecule has 180 valence electrons. The molecule has 1 aliphatic heterocycles. The van der Waals surface area contributed by atoms with Crippen molar-refractivity contribution in [3.63, 3.8) is 0 Å². The van der Waals surface area contributed by atoms with E-state index in [0.29, 0.717) is 11.1 Å². The van der Waals surface area contributed by atoms with E-state index in [1.54, 1.807) is 37.3 Å². The van der Waals surface area contributed by atoms with Crippen LogP contribution in [-0.4, -0.2) is 63.6 Å². The molecular weight excluding hydrogens is 478 g/mol. The molecule has 2 aromatic rings. The zero-order chi connectivity index (χ0) is 24.4. The third kappa shape index (κ3) is 6.91. The van der Waals surface area contributed by atoms with Crippen molar-refractivity contribution in [2.24, 2.45) is 0 Å². The Kier molecular flexibility index (Phi) is 7.33. The molecule has 3 atom stereocenters. The standard InChI is InChI=1S/C19H23N3O9S2/c1-12-10-22(19(24)21-17(12)20-18(23)13-7-5-4-6-8-13)16-9-14(31-33(3,27)28)15(30-16)11-29-32(2,25)26/h4-8,10,14-16H,9,11H2,1-3H3,(H,20,21,23,24)/t14-,15+,16+/m1/s1. The smallest absolute Gasteiger partial charge is 0.349 e. The molecular formula is C19H23N3O9S2. The van der Waals surface area contributed by atoms with Crippen LogP contribution in [0.5, 0.6) is 0 Å². The van der Waals surface area contributed by atoms with Gasteiger partial charge in [0.05, 0.1) is 19.1 Å². The Labute approximate surface area is 190 Å². The maximum absolute atomic E-state index is 12.6. The van der Waals surface area contributed by atoms with E-state index in [9.17, 15) is 26.4 Å². The number of anilines is 1. The maximum atomic E-state index is 12.6. The second kappa shape index (κ2) is 9.69. The Morgan fingerprint density at radius 2 is 1.85 bits per heavy atom. The summed E-state index contributed by atoms with van der Waals surface area (Å²) in [5.74, 6) is -0.385. The highest BCUT2D eigenvalue weighted by Crippen LogP contribution is 2.31. The lowest BCUT2D eigenvalue weighted by Gasteiger charge is -2.17. The molecule has 0 bridgehead atoms. The van der Waals surface area contributed by atoms with E-state index in [-0.39, 0.29) is 12.2 Å². The predicted molar refractivity (Wildman–Crippen MR) is 117 cm³/mol. The second-order valence-corrected chi connectivity index (χ2v) is 10.7. The van der Waals surface area contributed by atoms with Crippen LogP contribution < -0.4 is 11.0 Å². The summed E-state index contributed by atoms with van der Waals surface area (Å²) < 4.78 is 62.4. The highest BCUT2D eigenvalue weighted by molar-refractivity contribution is 7.86. The number of aromatic nitrogens is 2. The van der Waals surface area contributed by atoms with Crippen molar-refractivity contribution in [2.45, 2.75) is 31.8 Å². The van der Waals surface area contributed by atoms with E-state index in [1.807, 2.05) is 0 Å².